The fourth-order valence-electron chi connectivity index (χ4n) is 2.08. The minimum absolute atomic E-state index is 0.183. The molecule has 20 heavy (non-hydrogen) atoms. The second-order valence-corrected chi connectivity index (χ2v) is 5.76. The number of carboxylic acids is 1. The summed E-state index contributed by atoms with van der Waals surface area (Å²) in [6.45, 7) is 0. The van der Waals surface area contributed by atoms with Crippen LogP contribution in [0.1, 0.15) is 43.0 Å². The summed E-state index contributed by atoms with van der Waals surface area (Å²) in [5.74, 6) is -0.940. The Kier molecular flexibility index (Phi) is 5.08. The van der Waals surface area contributed by atoms with Gasteiger partial charge < -0.3 is 5.11 Å². The highest BCUT2D eigenvalue weighted by Crippen LogP contribution is 2.30. The van der Waals surface area contributed by atoms with Gasteiger partial charge in [-0.2, -0.15) is 5.26 Å². The van der Waals surface area contributed by atoms with Crippen molar-refractivity contribution < 1.29 is 9.90 Å². The molecule has 1 heterocycles. The smallest absolute Gasteiger partial charge is 0.303 e. The lowest BCUT2D eigenvalue weighted by atomic mass is 10.0. The van der Waals surface area contributed by atoms with Gasteiger partial charge in [0.05, 0.1) is 22.2 Å². The number of thiazole rings is 1. The van der Waals surface area contributed by atoms with Crippen LogP contribution in [-0.4, -0.2) is 16.1 Å². The van der Waals surface area contributed by atoms with Crippen molar-refractivity contribution in [2.75, 3.05) is 0 Å². The summed E-state index contributed by atoms with van der Waals surface area (Å²) in [6, 6.07) is 10.2. The average Bonchev–Trinajstić information content (AvgIpc) is 2.86. The van der Waals surface area contributed by atoms with Crippen molar-refractivity contribution in [1.82, 2.24) is 4.98 Å². The monoisotopic (exact) mass is 288 g/mol. The Morgan fingerprint density at radius 2 is 2.15 bits per heavy atom. The Labute approximate surface area is 121 Å². The van der Waals surface area contributed by atoms with Gasteiger partial charge in [0, 0.05) is 6.42 Å². The molecule has 0 aliphatic carbocycles. The molecule has 1 N–H and O–H groups in total. The SMILES string of the molecule is N#CC(CCCCCC(=O)O)c1nc2ccccc2s1. The lowest BCUT2D eigenvalue weighted by Crippen LogP contribution is -1.97. The van der Waals surface area contributed by atoms with E-state index in [1.807, 2.05) is 24.3 Å². The average molecular weight is 288 g/mol. The minimum Gasteiger partial charge on any atom is -0.481 e. The maximum atomic E-state index is 10.4. The molecule has 0 amide bonds. The largest absolute Gasteiger partial charge is 0.481 e. The first kappa shape index (κ1) is 14.5. The molecule has 1 aromatic heterocycles. The first-order chi connectivity index (χ1) is 9.70. The van der Waals surface area contributed by atoms with Gasteiger partial charge in [0.15, 0.2) is 0 Å². The molecule has 2 aromatic rings. The predicted molar refractivity (Wildman–Crippen MR) is 78.7 cm³/mol. The number of fused-ring (bicyclic) bond motifs is 1. The number of unbranched alkanes of at least 4 members (excludes halogenated alkanes) is 2. The van der Waals surface area contributed by atoms with Gasteiger partial charge in [0.2, 0.25) is 0 Å². The van der Waals surface area contributed by atoms with E-state index >= 15 is 0 Å². The summed E-state index contributed by atoms with van der Waals surface area (Å²) in [7, 11) is 0. The Balaban J connectivity index is 1.91. The maximum Gasteiger partial charge on any atom is 0.303 e. The molecule has 2 rings (SSSR count). The van der Waals surface area contributed by atoms with Gasteiger partial charge in [-0.1, -0.05) is 25.0 Å². The van der Waals surface area contributed by atoms with Gasteiger partial charge in [0.25, 0.3) is 0 Å². The van der Waals surface area contributed by atoms with Crippen molar-refractivity contribution in [2.45, 2.75) is 38.0 Å². The molecular formula is C15H16N2O2S. The quantitative estimate of drug-likeness (QED) is 0.783. The lowest BCUT2D eigenvalue weighted by Gasteiger charge is -2.04. The molecule has 0 aliphatic rings. The summed E-state index contributed by atoms with van der Waals surface area (Å²) in [6.07, 6.45) is 3.33. The normalized spacial score (nSPS) is 12.2. The minimum atomic E-state index is -0.756. The number of carbonyl (C=O) groups is 1. The van der Waals surface area contributed by atoms with Crippen LogP contribution in [0.4, 0.5) is 0 Å². The molecule has 0 radical (unpaired) electrons. The molecular weight excluding hydrogens is 272 g/mol. The number of aliphatic carboxylic acids is 1. The molecule has 1 unspecified atom stereocenters. The van der Waals surface area contributed by atoms with E-state index in [2.05, 4.69) is 11.1 Å². The van der Waals surface area contributed by atoms with Crippen LogP contribution in [0.25, 0.3) is 10.2 Å². The van der Waals surface area contributed by atoms with Gasteiger partial charge in [-0.25, -0.2) is 4.98 Å². The molecule has 4 nitrogen and oxygen atoms in total. The summed E-state index contributed by atoms with van der Waals surface area (Å²) in [5, 5.41) is 18.7. The summed E-state index contributed by atoms with van der Waals surface area (Å²) in [4.78, 5) is 14.9. The highest BCUT2D eigenvalue weighted by molar-refractivity contribution is 7.18. The first-order valence-corrected chi connectivity index (χ1v) is 7.49. The second-order valence-electron chi connectivity index (χ2n) is 4.69. The van der Waals surface area contributed by atoms with Gasteiger partial charge in [-0.15, -0.1) is 11.3 Å². The summed E-state index contributed by atoms with van der Waals surface area (Å²) < 4.78 is 1.11. The zero-order valence-corrected chi connectivity index (χ0v) is 11.9. The van der Waals surface area contributed by atoms with Crippen molar-refractivity contribution in [1.29, 1.82) is 5.26 Å². The van der Waals surface area contributed by atoms with Crippen molar-refractivity contribution in [3.8, 4) is 6.07 Å². The highest BCUT2D eigenvalue weighted by atomic mass is 32.1. The van der Waals surface area contributed by atoms with Gasteiger partial charge in [-0.3, -0.25) is 4.79 Å². The Bertz CT molecular complexity index is 597. The van der Waals surface area contributed by atoms with E-state index in [1.54, 1.807) is 11.3 Å². The Morgan fingerprint density at radius 1 is 1.35 bits per heavy atom. The molecule has 0 fully saturated rings. The van der Waals surface area contributed by atoms with Crippen LogP contribution >= 0.6 is 11.3 Å². The molecule has 0 saturated heterocycles. The van der Waals surface area contributed by atoms with E-state index in [4.69, 9.17) is 5.11 Å². The van der Waals surface area contributed by atoms with Crippen LogP contribution in [0.15, 0.2) is 24.3 Å². The van der Waals surface area contributed by atoms with Crippen molar-refractivity contribution in [3.05, 3.63) is 29.3 Å². The highest BCUT2D eigenvalue weighted by Gasteiger charge is 2.15. The van der Waals surface area contributed by atoms with Crippen LogP contribution in [-0.2, 0) is 4.79 Å². The molecule has 1 aromatic carbocycles. The third kappa shape index (κ3) is 3.78. The fraction of sp³-hybridized carbons (Fsp3) is 0.400. The zero-order chi connectivity index (χ0) is 14.4. The Hall–Kier alpha value is -1.93. The van der Waals surface area contributed by atoms with Crippen molar-refractivity contribution in [3.63, 3.8) is 0 Å². The number of hydrogen-bond acceptors (Lipinski definition) is 4. The third-order valence-corrected chi connectivity index (χ3v) is 4.30. The number of nitrogens with zero attached hydrogens (tertiary/aromatic N) is 2. The van der Waals surface area contributed by atoms with Crippen LogP contribution in [0.2, 0.25) is 0 Å². The maximum absolute atomic E-state index is 10.4. The van der Waals surface area contributed by atoms with Crippen LogP contribution in [0.5, 0.6) is 0 Å². The second kappa shape index (κ2) is 7.01. The molecule has 0 saturated carbocycles. The van der Waals surface area contributed by atoms with E-state index in [0.29, 0.717) is 6.42 Å². The number of carboxylic acid groups (broad SMARTS) is 1. The lowest BCUT2D eigenvalue weighted by molar-refractivity contribution is -0.137. The summed E-state index contributed by atoms with van der Waals surface area (Å²) >= 11 is 1.57. The van der Waals surface area contributed by atoms with Crippen molar-refractivity contribution in [2.24, 2.45) is 0 Å². The van der Waals surface area contributed by atoms with E-state index in [1.165, 1.54) is 0 Å². The first-order valence-electron chi connectivity index (χ1n) is 6.67. The van der Waals surface area contributed by atoms with Crippen LogP contribution in [0.3, 0.4) is 0 Å². The summed E-state index contributed by atoms with van der Waals surface area (Å²) in [5.41, 5.74) is 0.943. The van der Waals surface area contributed by atoms with E-state index in [-0.39, 0.29) is 12.3 Å². The van der Waals surface area contributed by atoms with Crippen molar-refractivity contribution >= 4 is 27.5 Å². The molecule has 0 bridgehead atoms. The molecule has 0 aliphatic heterocycles. The zero-order valence-electron chi connectivity index (χ0n) is 11.1. The third-order valence-electron chi connectivity index (χ3n) is 3.15. The van der Waals surface area contributed by atoms with E-state index in [0.717, 1.165) is 34.5 Å². The van der Waals surface area contributed by atoms with Gasteiger partial charge >= 0.3 is 5.97 Å². The molecule has 5 heteroatoms. The van der Waals surface area contributed by atoms with E-state index < -0.39 is 5.97 Å². The number of nitriles is 1. The van der Waals surface area contributed by atoms with Crippen LogP contribution in [0, 0.1) is 11.3 Å². The Morgan fingerprint density at radius 3 is 2.85 bits per heavy atom. The number of rotatable bonds is 7. The standard InChI is InChI=1S/C15H16N2O2S/c16-10-11(6-2-1-3-9-14(18)19)15-17-12-7-4-5-8-13(12)20-15/h4-5,7-8,11H,1-3,6,9H2,(H,18,19). The fourth-order valence-corrected chi connectivity index (χ4v) is 3.13. The van der Waals surface area contributed by atoms with Crippen LogP contribution < -0.4 is 0 Å². The topological polar surface area (TPSA) is 74.0 Å². The van der Waals surface area contributed by atoms with Gasteiger partial charge in [0.1, 0.15) is 5.01 Å². The number of para-hydroxylation sites is 1. The molecule has 104 valence electrons. The number of hydrogen-bond donors (Lipinski definition) is 1. The molecule has 1 atom stereocenters. The van der Waals surface area contributed by atoms with Gasteiger partial charge in [-0.05, 0) is 25.0 Å². The van der Waals surface area contributed by atoms with E-state index in [9.17, 15) is 10.1 Å². The predicted octanol–water partition coefficient (Wildman–Crippen LogP) is 3.94. The number of aromatic nitrogens is 1. The number of benzene rings is 1. The molecule has 0 spiro atoms.